The maximum absolute atomic E-state index is 14.7. The predicted octanol–water partition coefficient (Wildman–Crippen LogP) is 7.31. The molecule has 1 spiro atoms. The Morgan fingerprint density at radius 2 is 1.73 bits per heavy atom. The van der Waals surface area contributed by atoms with Crippen LogP contribution in [0.25, 0.3) is 16.9 Å². The fourth-order valence-electron chi connectivity index (χ4n) is 6.55. The number of benzene rings is 3. The number of hydrogen-bond acceptors (Lipinski definition) is 4. The van der Waals surface area contributed by atoms with Gasteiger partial charge in [-0.3, -0.25) is 14.2 Å². The molecule has 204 valence electrons. The lowest BCUT2D eigenvalue weighted by molar-refractivity contribution is -0.113. The molecule has 0 saturated heterocycles. The van der Waals surface area contributed by atoms with Crippen LogP contribution in [0.4, 0.5) is 5.69 Å². The number of aryl methyl sites for hydroxylation is 3. The second-order valence-electron chi connectivity index (χ2n) is 11.4. The van der Waals surface area contributed by atoms with E-state index in [2.05, 4.69) is 29.6 Å². The fourth-order valence-corrected chi connectivity index (χ4v) is 7.36. The molecule has 0 aliphatic heterocycles. The molecular weight excluding hydrogens is 514 g/mol. The quantitative estimate of drug-likeness (QED) is 0.209. The zero-order valence-corrected chi connectivity index (χ0v) is 24.2. The molecule has 6 rings (SSSR count). The van der Waals surface area contributed by atoms with Crippen LogP contribution in [-0.2, 0) is 16.6 Å². The third-order valence-electron chi connectivity index (χ3n) is 8.44. The van der Waals surface area contributed by atoms with Gasteiger partial charge in [0.05, 0.1) is 22.7 Å². The van der Waals surface area contributed by atoms with E-state index in [0.29, 0.717) is 5.16 Å². The maximum Gasteiger partial charge on any atom is 0.263 e. The Hall–Kier alpha value is -3.64. The molecule has 5 nitrogen and oxygen atoms in total. The van der Waals surface area contributed by atoms with Crippen molar-refractivity contribution in [3.05, 3.63) is 105 Å². The molecule has 1 aromatic heterocycles. The van der Waals surface area contributed by atoms with Gasteiger partial charge in [0.25, 0.3) is 5.56 Å². The zero-order chi connectivity index (χ0) is 27.9. The van der Waals surface area contributed by atoms with E-state index < -0.39 is 0 Å². The molecule has 2 aliphatic rings. The van der Waals surface area contributed by atoms with Crippen LogP contribution in [0.15, 0.2) is 76.7 Å². The first-order valence-corrected chi connectivity index (χ1v) is 15.2. The van der Waals surface area contributed by atoms with Crippen LogP contribution in [0.5, 0.6) is 0 Å². The molecule has 4 aromatic rings. The van der Waals surface area contributed by atoms with E-state index in [1.54, 1.807) is 4.57 Å². The lowest BCUT2D eigenvalue weighted by Gasteiger charge is -2.42. The van der Waals surface area contributed by atoms with E-state index in [-0.39, 0.29) is 22.6 Å². The zero-order valence-electron chi connectivity index (χ0n) is 23.4. The predicted molar refractivity (Wildman–Crippen MR) is 164 cm³/mol. The summed E-state index contributed by atoms with van der Waals surface area (Å²) < 4.78 is 1.76. The van der Waals surface area contributed by atoms with Crippen molar-refractivity contribution in [2.24, 2.45) is 0 Å². The molecule has 1 saturated carbocycles. The highest BCUT2D eigenvalue weighted by atomic mass is 32.2. The first kappa shape index (κ1) is 26.6. The summed E-state index contributed by atoms with van der Waals surface area (Å²) in [5, 5.41) is 3.59. The minimum absolute atomic E-state index is 0.00397. The van der Waals surface area contributed by atoms with Crippen molar-refractivity contribution in [1.29, 1.82) is 0 Å². The molecule has 3 aromatic carbocycles. The van der Waals surface area contributed by atoms with Gasteiger partial charge in [-0.2, -0.15) is 0 Å². The standard InChI is InChI=1S/C34H35N3O2S/c1-22-10-9-12-26(19-22)37-32(39)30-31(27-13-6-5-11-25(27)20-34(30)16-7-4-8-17-34)36-33(37)40-21-29(38)35-28-15-14-23(2)18-24(28)3/h5-6,9-15,18-19H,4,7-8,16-17,20-21H2,1-3H3,(H,35,38). The highest BCUT2D eigenvalue weighted by Gasteiger charge is 2.43. The molecule has 0 bridgehead atoms. The molecule has 2 aliphatic carbocycles. The van der Waals surface area contributed by atoms with Gasteiger partial charge in [-0.05, 0) is 74.9 Å². The number of nitrogens with one attached hydrogen (secondary N) is 1. The summed E-state index contributed by atoms with van der Waals surface area (Å²) in [6.45, 7) is 6.06. The molecule has 1 N–H and O–H groups in total. The van der Waals surface area contributed by atoms with Gasteiger partial charge in [0.15, 0.2) is 5.16 Å². The number of carbonyl (C=O) groups excluding carboxylic acids is 1. The maximum atomic E-state index is 14.7. The Balaban J connectivity index is 1.46. The smallest absolute Gasteiger partial charge is 0.263 e. The molecule has 40 heavy (non-hydrogen) atoms. The van der Waals surface area contributed by atoms with E-state index in [9.17, 15) is 9.59 Å². The molecule has 1 fully saturated rings. The van der Waals surface area contributed by atoms with Gasteiger partial charge in [-0.25, -0.2) is 4.98 Å². The average molecular weight is 550 g/mol. The highest BCUT2D eigenvalue weighted by Crippen LogP contribution is 2.49. The molecule has 6 heteroatoms. The number of nitrogens with zero attached hydrogens (tertiary/aromatic N) is 2. The number of anilines is 1. The van der Waals surface area contributed by atoms with E-state index in [4.69, 9.17) is 4.98 Å². The summed E-state index contributed by atoms with van der Waals surface area (Å²) in [7, 11) is 0. The van der Waals surface area contributed by atoms with Gasteiger partial charge < -0.3 is 5.32 Å². The van der Waals surface area contributed by atoms with E-state index in [1.807, 2.05) is 63.2 Å². The van der Waals surface area contributed by atoms with Gasteiger partial charge in [0, 0.05) is 16.7 Å². The summed E-state index contributed by atoms with van der Waals surface area (Å²) in [6.07, 6.45) is 6.35. The van der Waals surface area contributed by atoms with E-state index >= 15 is 0 Å². The van der Waals surface area contributed by atoms with Crippen LogP contribution in [0.3, 0.4) is 0 Å². The molecular formula is C34H35N3O2S. The number of amides is 1. The van der Waals surface area contributed by atoms with Crippen molar-refractivity contribution in [1.82, 2.24) is 9.55 Å². The van der Waals surface area contributed by atoms with E-state index in [1.165, 1.54) is 23.7 Å². The van der Waals surface area contributed by atoms with Gasteiger partial charge in [0.2, 0.25) is 5.91 Å². The summed E-state index contributed by atoms with van der Waals surface area (Å²) in [5.74, 6) is 0.0285. The van der Waals surface area contributed by atoms with Crippen LogP contribution in [0, 0.1) is 20.8 Å². The Morgan fingerprint density at radius 3 is 2.50 bits per heavy atom. The van der Waals surface area contributed by atoms with Crippen molar-refractivity contribution < 1.29 is 4.79 Å². The second-order valence-corrected chi connectivity index (χ2v) is 12.4. The third kappa shape index (κ3) is 4.90. The van der Waals surface area contributed by atoms with Gasteiger partial charge >= 0.3 is 0 Å². The van der Waals surface area contributed by atoms with Crippen LogP contribution in [0.1, 0.15) is 59.9 Å². The minimum atomic E-state index is -0.193. The Kier molecular flexibility index (Phi) is 7.13. The number of aromatic nitrogens is 2. The Bertz CT molecular complexity index is 1670. The van der Waals surface area contributed by atoms with Crippen molar-refractivity contribution >= 4 is 23.4 Å². The normalized spacial score (nSPS) is 15.4. The van der Waals surface area contributed by atoms with E-state index in [0.717, 1.165) is 77.0 Å². The molecule has 1 heterocycles. The summed E-state index contributed by atoms with van der Waals surface area (Å²) in [4.78, 5) is 33.0. The minimum Gasteiger partial charge on any atom is -0.325 e. The van der Waals surface area contributed by atoms with Crippen LogP contribution >= 0.6 is 11.8 Å². The third-order valence-corrected chi connectivity index (χ3v) is 9.38. The molecule has 0 atom stereocenters. The largest absolute Gasteiger partial charge is 0.325 e. The highest BCUT2D eigenvalue weighted by molar-refractivity contribution is 7.99. The molecule has 0 radical (unpaired) electrons. The van der Waals surface area contributed by atoms with Gasteiger partial charge in [-0.15, -0.1) is 0 Å². The van der Waals surface area contributed by atoms with Crippen LogP contribution < -0.4 is 10.9 Å². The number of hydrogen-bond donors (Lipinski definition) is 1. The summed E-state index contributed by atoms with van der Waals surface area (Å²) in [6, 6.07) is 22.4. The first-order chi connectivity index (χ1) is 19.3. The summed E-state index contributed by atoms with van der Waals surface area (Å²) in [5.41, 5.74) is 8.63. The fraction of sp³-hybridized carbons (Fsp3) is 0.324. The Morgan fingerprint density at radius 1 is 0.950 bits per heavy atom. The average Bonchev–Trinajstić information content (AvgIpc) is 2.94. The van der Waals surface area contributed by atoms with Crippen molar-refractivity contribution in [3.63, 3.8) is 0 Å². The number of rotatable bonds is 5. The SMILES string of the molecule is Cc1cccc(-n2c(SCC(=O)Nc3ccc(C)cc3C)nc3c(c2=O)C2(CCCCC2)Cc2ccccc2-3)c1. The molecule has 1 amide bonds. The number of thioether (sulfide) groups is 1. The lowest BCUT2D eigenvalue weighted by atomic mass is 9.62. The van der Waals surface area contributed by atoms with Gasteiger partial charge in [0.1, 0.15) is 0 Å². The number of fused-ring (bicyclic) bond motifs is 4. The monoisotopic (exact) mass is 549 g/mol. The first-order valence-electron chi connectivity index (χ1n) is 14.2. The topological polar surface area (TPSA) is 64.0 Å². The van der Waals surface area contributed by atoms with Crippen LogP contribution in [0.2, 0.25) is 0 Å². The lowest BCUT2D eigenvalue weighted by Crippen LogP contribution is -2.43. The van der Waals surface area contributed by atoms with Crippen molar-refractivity contribution in [2.45, 2.75) is 69.9 Å². The van der Waals surface area contributed by atoms with Crippen LogP contribution in [-0.4, -0.2) is 21.2 Å². The van der Waals surface area contributed by atoms with Crippen molar-refractivity contribution in [3.8, 4) is 16.9 Å². The van der Waals surface area contributed by atoms with Crippen molar-refractivity contribution in [2.75, 3.05) is 11.1 Å². The number of carbonyl (C=O) groups is 1. The second kappa shape index (κ2) is 10.7. The summed E-state index contributed by atoms with van der Waals surface area (Å²) >= 11 is 1.32. The van der Waals surface area contributed by atoms with Gasteiger partial charge in [-0.1, -0.05) is 85.1 Å². The molecule has 0 unspecified atom stereocenters. The Labute approximate surface area is 240 Å².